The minimum Gasteiger partial charge on any atom is -0.106 e. The van der Waals surface area contributed by atoms with E-state index in [1.54, 1.807) is 20.8 Å². The maximum absolute atomic E-state index is 6.15. The van der Waals surface area contributed by atoms with Gasteiger partial charge >= 0.3 is 0 Å². The first-order valence-electron chi connectivity index (χ1n) is 32.1. The quantitative estimate of drug-likeness (QED) is 0.0919. The molecule has 0 aromatic heterocycles. The summed E-state index contributed by atoms with van der Waals surface area (Å²) in [5.41, 5.74) is 31.4. The number of hydrogen-bond acceptors (Lipinski definition) is 0. The van der Waals surface area contributed by atoms with Gasteiger partial charge in [0.2, 0.25) is 0 Å². The highest BCUT2D eigenvalue weighted by atomic mass is 14.4. The fourth-order valence-electron chi connectivity index (χ4n) is 14.7. The molecule has 0 amide bonds. The first-order valence-corrected chi connectivity index (χ1v) is 32.1. The highest BCUT2D eigenvalue weighted by molar-refractivity contribution is 6.34. The molecule has 0 N–H and O–H groups in total. The molecule has 0 bridgehead atoms. The van der Waals surface area contributed by atoms with Gasteiger partial charge in [-0.15, -0.1) is 18.8 Å². The van der Waals surface area contributed by atoms with Crippen LogP contribution >= 0.6 is 0 Å². The summed E-state index contributed by atoms with van der Waals surface area (Å²) in [7, 11) is 0. The van der Waals surface area contributed by atoms with E-state index >= 15 is 0 Å². The van der Waals surface area contributed by atoms with Crippen LogP contribution in [0.4, 0.5) is 0 Å². The molecule has 0 saturated carbocycles. The van der Waals surface area contributed by atoms with Crippen molar-refractivity contribution in [3.05, 3.63) is 145 Å². The SMILES string of the molecule is C#CC#CC#Cc1c(C#CC#CC#CC)c(-c2c3c(C)c(C)c(C)c(C)c3c(-c3c(C)c4c(C)c(C)c(C)c(C)c4c4c(C)c(C)c(C)c(C)c34)c3c(C)c(C)c(C)c(C)c23)c2c(C#CC#CC#CC#CC)c(C)c3c(C)c(C)c(C#CC)c(C#CC#C)c3c2c1C#CC#CC. The van der Waals surface area contributed by atoms with Gasteiger partial charge in [-0.1, -0.05) is 53.3 Å². The third kappa shape index (κ3) is 10.9. The van der Waals surface area contributed by atoms with Gasteiger partial charge in [-0.25, -0.2) is 0 Å². The van der Waals surface area contributed by atoms with Crippen LogP contribution < -0.4 is 0 Å². The van der Waals surface area contributed by atoms with Gasteiger partial charge < -0.3 is 0 Å². The van der Waals surface area contributed by atoms with Gasteiger partial charge in [-0.2, -0.15) is 0 Å². The second-order valence-corrected chi connectivity index (χ2v) is 24.8. The maximum atomic E-state index is 6.15. The lowest BCUT2D eigenvalue weighted by molar-refractivity contribution is 1.23. The Labute approximate surface area is 572 Å². The van der Waals surface area contributed by atoms with Crippen LogP contribution in [0.1, 0.15) is 172 Å². The van der Waals surface area contributed by atoms with E-state index in [1.165, 1.54) is 105 Å². The number of benzene rings is 9. The summed E-state index contributed by atoms with van der Waals surface area (Å²) < 4.78 is 0. The first-order chi connectivity index (χ1) is 45.9. The van der Waals surface area contributed by atoms with Crippen molar-refractivity contribution in [3.63, 3.8) is 0 Å². The molecule has 0 fully saturated rings. The second kappa shape index (κ2) is 27.6. The molecule has 96 heavy (non-hydrogen) atoms. The average molecular weight is 1230 g/mol. The molecular weight excluding hydrogens is 1150 g/mol. The molecule has 458 valence electrons. The van der Waals surface area contributed by atoms with Crippen molar-refractivity contribution < 1.29 is 0 Å². The summed E-state index contributed by atoms with van der Waals surface area (Å²) in [6, 6.07) is 0. The fourth-order valence-corrected chi connectivity index (χ4v) is 14.7. The van der Waals surface area contributed by atoms with E-state index in [0.29, 0.717) is 33.2 Å². The van der Waals surface area contributed by atoms with Crippen molar-refractivity contribution in [3.8, 4) is 201 Å². The van der Waals surface area contributed by atoms with E-state index in [1.807, 2.05) is 6.92 Å². The number of terminal acetylenes is 2. The van der Waals surface area contributed by atoms with E-state index in [-0.39, 0.29) is 0 Å². The Balaban J connectivity index is 1.89. The lowest BCUT2D eigenvalue weighted by Gasteiger charge is -2.31. The lowest BCUT2D eigenvalue weighted by Crippen LogP contribution is -2.09. The molecule has 0 aliphatic carbocycles. The third-order valence-electron chi connectivity index (χ3n) is 20.7. The van der Waals surface area contributed by atoms with Crippen LogP contribution in [0.15, 0.2) is 0 Å². The van der Waals surface area contributed by atoms with Crippen LogP contribution in [-0.2, 0) is 0 Å². The van der Waals surface area contributed by atoms with Crippen LogP contribution in [0, 0.1) is 317 Å². The molecule has 0 heterocycles. The monoisotopic (exact) mass is 1230 g/mol. The number of aryl methyl sites for hydroxylation is 11. The zero-order valence-corrected chi connectivity index (χ0v) is 60.2. The largest absolute Gasteiger partial charge is 0.106 e. The third-order valence-corrected chi connectivity index (χ3v) is 20.7. The van der Waals surface area contributed by atoms with Gasteiger partial charge in [-0.05, 0) is 449 Å². The summed E-state index contributed by atoms with van der Waals surface area (Å²) in [6.45, 7) is 52.6. The minimum atomic E-state index is 0.477. The van der Waals surface area contributed by atoms with Crippen molar-refractivity contribution >= 4 is 64.6 Å². The normalized spacial score (nSPS) is 9.81. The second-order valence-electron chi connectivity index (χ2n) is 24.8. The molecule has 0 spiro atoms. The van der Waals surface area contributed by atoms with E-state index < -0.39 is 0 Å². The molecule has 9 rings (SSSR count). The van der Waals surface area contributed by atoms with Gasteiger partial charge in [0.1, 0.15) is 0 Å². The van der Waals surface area contributed by atoms with Crippen LogP contribution in [-0.4, -0.2) is 0 Å². The predicted octanol–water partition coefficient (Wildman–Crippen LogP) is 19.6. The summed E-state index contributed by atoms with van der Waals surface area (Å²) in [5, 5.41) is 12.7. The van der Waals surface area contributed by atoms with Crippen molar-refractivity contribution in [2.75, 3.05) is 0 Å². The maximum Gasteiger partial charge on any atom is 0.0582 e. The van der Waals surface area contributed by atoms with Crippen molar-refractivity contribution in [2.45, 2.75) is 166 Å². The number of fused-ring (bicyclic) bond motifs is 8. The van der Waals surface area contributed by atoms with Gasteiger partial charge in [0, 0.05) is 38.4 Å². The lowest BCUT2D eigenvalue weighted by atomic mass is 9.71. The van der Waals surface area contributed by atoms with Gasteiger partial charge in [0.05, 0.1) is 16.7 Å². The van der Waals surface area contributed by atoms with Gasteiger partial charge in [-0.3, -0.25) is 0 Å². The Bertz CT molecular complexity index is 6140. The van der Waals surface area contributed by atoms with Crippen LogP contribution in [0.5, 0.6) is 0 Å². The molecule has 0 nitrogen and oxygen atoms in total. The Morgan fingerprint density at radius 2 is 0.448 bits per heavy atom. The van der Waals surface area contributed by atoms with Crippen LogP contribution in [0.25, 0.3) is 86.9 Å². The standard InChI is InChI=1S/C96H74/c1-27-33-38-41-42-44-47-51-76-73(25)81-72(24)63(15)75(49-32-6)78(50-37-31-5)92(81)93-79(53-45-36-30-4)77(52-46-40-35-29-3)80(54-48-43-39-34-28-2)94(91(76)93)96-88-70(22)61(13)59(11)68(20)86(88)95(87-69(21)60(12)62(14)71(23)89(87)96)90-74(26)82-64(16)55(7)56(8)65(17)83(82)84-66(18)57(9)58(10)67(19)85(84)90/h3,5H,1-2,4,6-26H3. The highest BCUT2D eigenvalue weighted by Crippen LogP contribution is 2.58. The molecule has 9 aromatic carbocycles. The van der Waals surface area contributed by atoms with Crippen molar-refractivity contribution in [2.24, 2.45) is 0 Å². The molecule has 0 atom stereocenters. The van der Waals surface area contributed by atoms with E-state index in [4.69, 9.17) is 12.8 Å². The van der Waals surface area contributed by atoms with Crippen LogP contribution in [0.3, 0.4) is 0 Å². The highest BCUT2D eigenvalue weighted by Gasteiger charge is 2.35. The van der Waals surface area contributed by atoms with Gasteiger partial charge in [0.25, 0.3) is 0 Å². The Hall–Kier alpha value is -12.1. The average Bonchev–Trinajstić information content (AvgIpc) is 0.680. The molecule has 9 aromatic rings. The van der Waals surface area contributed by atoms with E-state index in [2.05, 4.69) is 304 Å². The van der Waals surface area contributed by atoms with Crippen molar-refractivity contribution in [1.29, 1.82) is 0 Å². The predicted molar refractivity (Wildman–Crippen MR) is 413 cm³/mol. The summed E-state index contributed by atoms with van der Waals surface area (Å²) in [6.07, 6.45) is 12.0. The fraction of sp³-hybridized carbons (Fsp3) is 0.250. The molecule has 0 unspecified atom stereocenters. The minimum absolute atomic E-state index is 0.477. The van der Waals surface area contributed by atoms with Crippen LogP contribution in [0.2, 0.25) is 0 Å². The Morgan fingerprint density at radius 1 is 0.156 bits per heavy atom. The molecular formula is C96H74. The van der Waals surface area contributed by atoms with Crippen molar-refractivity contribution in [1.82, 2.24) is 0 Å². The molecule has 0 saturated heterocycles. The molecule has 0 aliphatic heterocycles. The van der Waals surface area contributed by atoms with E-state index in [0.717, 1.165) is 93.3 Å². The number of rotatable bonds is 2. The first kappa shape index (κ1) is 68.3. The summed E-state index contributed by atoms with van der Waals surface area (Å²) >= 11 is 0. The Kier molecular flexibility index (Phi) is 19.7. The molecule has 0 heteroatoms. The molecule has 0 radical (unpaired) electrons. The van der Waals surface area contributed by atoms with E-state index in [9.17, 15) is 0 Å². The summed E-state index contributed by atoms with van der Waals surface area (Å²) in [5.74, 6) is 87.3. The zero-order chi connectivity index (χ0) is 70.0. The zero-order valence-electron chi connectivity index (χ0n) is 60.2. The Morgan fingerprint density at radius 3 is 0.896 bits per heavy atom. The topological polar surface area (TPSA) is 0 Å². The number of hydrogen-bond donors (Lipinski definition) is 0. The van der Waals surface area contributed by atoms with Gasteiger partial charge in [0.15, 0.2) is 0 Å². The summed E-state index contributed by atoms with van der Waals surface area (Å²) in [4.78, 5) is 0. The molecule has 0 aliphatic rings. The smallest absolute Gasteiger partial charge is 0.0582 e.